The second-order valence-corrected chi connectivity index (χ2v) is 9.31. The monoisotopic (exact) mass is 526 g/mol. The number of hydrogen-bond donors (Lipinski definition) is 3. The van der Waals surface area contributed by atoms with E-state index in [-0.39, 0.29) is 12.2 Å². The summed E-state index contributed by atoms with van der Waals surface area (Å²) in [5, 5.41) is 15.5. The highest BCUT2D eigenvalue weighted by atomic mass is 35.5. The summed E-state index contributed by atoms with van der Waals surface area (Å²) in [6, 6.07) is 30.6. The Morgan fingerprint density at radius 3 is 1.97 bits per heavy atom. The zero-order chi connectivity index (χ0) is 26.9. The Hall–Kier alpha value is -4.42. The molecule has 192 valence electrons. The molecule has 4 rings (SSSR count). The van der Waals surface area contributed by atoms with Gasteiger partial charge in [-0.15, -0.1) is 0 Å². The number of urea groups is 1. The minimum atomic E-state index is -0.958. The van der Waals surface area contributed by atoms with Gasteiger partial charge in [0, 0.05) is 17.7 Å². The molecule has 7 heteroatoms. The van der Waals surface area contributed by atoms with E-state index in [9.17, 15) is 19.5 Å². The van der Waals surface area contributed by atoms with E-state index in [1.165, 1.54) is 0 Å². The summed E-state index contributed by atoms with van der Waals surface area (Å²) >= 11 is 6.08. The molecule has 1 unspecified atom stereocenters. The highest BCUT2D eigenvalue weighted by Gasteiger charge is 2.22. The topological polar surface area (TPSA) is 95.5 Å². The number of aliphatic carboxylic acids is 1. The van der Waals surface area contributed by atoms with E-state index in [1.807, 2.05) is 54.6 Å². The molecule has 1 atom stereocenters. The fraction of sp³-hybridized carbons (Fsp3) is 0.129. The maximum atomic E-state index is 12.8. The number of rotatable bonds is 10. The predicted molar refractivity (Wildman–Crippen MR) is 151 cm³/mol. The van der Waals surface area contributed by atoms with Crippen LogP contribution in [0.2, 0.25) is 5.02 Å². The number of halogens is 1. The predicted octanol–water partition coefficient (Wildman–Crippen LogP) is 7.56. The van der Waals surface area contributed by atoms with E-state index in [4.69, 9.17) is 11.6 Å². The van der Waals surface area contributed by atoms with Gasteiger partial charge in [-0.2, -0.15) is 0 Å². The summed E-state index contributed by atoms with van der Waals surface area (Å²) in [5.74, 6) is -1.89. The van der Waals surface area contributed by atoms with Crippen LogP contribution in [0.3, 0.4) is 0 Å². The third-order valence-electron chi connectivity index (χ3n) is 6.21. The molecular formula is C31H27ClN2O4. The van der Waals surface area contributed by atoms with Gasteiger partial charge in [-0.25, -0.2) is 4.79 Å². The number of carbonyl (C=O) groups is 3. The Bertz CT molecular complexity index is 1400. The number of ketones is 1. The standard InChI is InChI=1S/C31H27ClN2O4/c32-27-8-4-5-9-28(27)34-31(38)33-26-18-16-23(17-19-26)22-12-14-24(15-13-22)29(35)20-25(30(36)37)11-10-21-6-2-1-3-7-21/h1-9,12-19,25H,10-11,20H2,(H,36,37)(H2,33,34,38). The molecule has 0 aromatic heterocycles. The first-order valence-corrected chi connectivity index (χ1v) is 12.6. The van der Waals surface area contributed by atoms with Crippen molar-refractivity contribution in [1.29, 1.82) is 0 Å². The average Bonchev–Trinajstić information content (AvgIpc) is 2.93. The first-order chi connectivity index (χ1) is 18.4. The van der Waals surface area contributed by atoms with Crippen molar-refractivity contribution in [3.05, 3.63) is 119 Å². The first kappa shape index (κ1) is 26.6. The molecule has 0 aliphatic rings. The number of Topliss-reactive ketones (excluding diaryl/α,β-unsaturated/α-hetero) is 1. The van der Waals surface area contributed by atoms with Crippen molar-refractivity contribution in [3.8, 4) is 11.1 Å². The molecular weight excluding hydrogens is 500 g/mol. The molecule has 0 saturated heterocycles. The highest BCUT2D eigenvalue weighted by molar-refractivity contribution is 6.33. The van der Waals surface area contributed by atoms with Gasteiger partial charge in [0.15, 0.2) is 5.78 Å². The van der Waals surface area contributed by atoms with Crippen LogP contribution < -0.4 is 10.6 Å². The lowest BCUT2D eigenvalue weighted by atomic mass is 9.92. The van der Waals surface area contributed by atoms with Gasteiger partial charge in [0.1, 0.15) is 0 Å². The largest absolute Gasteiger partial charge is 0.481 e. The lowest BCUT2D eigenvalue weighted by Crippen LogP contribution is -2.19. The molecule has 0 heterocycles. The number of aryl methyl sites for hydroxylation is 1. The van der Waals surface area contributed by atoms with Gasteiger partial charge < -0.3 is 15.7 Å². The van der Waals surface area contributed by atoms with Crippen LogP contribution >= 0.6 is 11.6 Å². The van der Waals surface area contributed by atoms with Crippen molar-refractivity contribution >= 4 is 40.8 Å². The van der Waals surface area contributed by atoms with E-state index in [1.54, 1.807) is 48.5 Å². The van der Waals surface area contributed by atoms with Gasteiger partial charge in [0.25, 0.3) is 0 Å². The van der Waals surface area contributed by atoms with Crippen LogP contribution in [0, 0.1) is 5.92 Å². The van der Waals surface area contributed by atoms with E-state index in [0.29, 0.717) is 34.8 Å². The lowest BCUT2D eigenvalue weighted by molar-refractivity contribution is -0.141. The van der Waals surface area contributed by atoms with Gasteiger partial charge >= 0.3 is 12.0 Å². The Morgan fingerprint density at radius 1 is 0.737 bits per heavy atom. The number of hydrogen-bond acceptors (Lipinski definition) is 3. The van der Waals surface area contributed by atoms with Crippen LogP contribution in [0.1, 0.15) is 28.8 Å². The fourth-order valence-corrected chi connectivity index (χ4v) is 4.26. The molecule has 6 nitrogen and oxygen atoms in total. The Kier molecular flexibility index (Phi) is 8.90. The molecule has 2 amide bonds. The number of para-hydroxylation sites is 1. The molecule has 0 radical (unpaired) electrons. The number of amides is 2. The molecule has 0 saturated carbocycles. The second kappa shape index (κ2) is 12.7. The zero-order valence-electron chi connectivity index (χ0n) is 20.6. The zero-order valence-corrected chi connectivity index (χ0v) is 21.3. The number of carboxylic acid groups (broad SMARTS) is 1. The van der Waals surface area contributed by atoms with Crippen molar-refractivity contribution in [1.82, 2.24) is 0 Å². The third kappa shape index (κ3) is 7.31. The number of anilines is 2. The molecule has 0 bridgehead atoms. The maximum Gasteiger partial charge on any atom is 0.323 e. The van der Waals surface area contributed by atoms with E-state index in [2.05, 4.69) is 10.6 Å². The number of carbonyl (C=O) groups excluding carboxylic acids is 2. The number of benzene rings is 4. The summed E-state index contributed by atoms with van der Waals surface area (Å²) in [5.41, 5.74) is 4.47. The smallest absolute Gasteiger partial charge is 0.323 e. The average molecular weight is 527 g/mol. The first-order valence-electron chi connectivity index (χ1n) is 12.2. The van der Waals surface area contributed by atoms with E-state index in [0.717, 1.165) is 16.7 Å². The summed E-state index contributed by atoms with van der Waals surface area (Å²) in [7, 11) is 0. The van der Waals surface area contributed by atoms with Crippen molar-refractivity contribution in [2.75, 3.05) is 10.6 Å². The molecule has 38 heavy (non-hydrogen) atoms. The van der Waals surface area contributed by atoms with E-state index < -0.39 is 17.9 Å². The van der Waals surface area contributed by atoms with Crippen LogP contribution in [-0.2, 0) is 11.2 Å². The van der Waals surface area contributed by atoms with Gasteiger partial charge in [0.05, 0.1) is 16.6 Å². The van der Waals surface area contributed by atoms with Crippen LogP contribution in [0.4, 0.5) is 16.2 Å². The van der Waals surface area contributed by atoms with Crippen LogP contribution in [0.5, 0.6) is 0 Å². The molecule has 4 aromatic rings. The Labute approximate surface area is 226 Å². The highest BCUT2D eigenvalue weighted by Crippen LogP contribution is 2.24. The quantitative estimate of drug-likeness (QED) is 0.186. The summed E-state index contributed by atoms with van der Waals surface area (Å²) in [4.78, 5) is 36.8. The second-order valence-electron chi connectivity index (χ2n) is 8.90. The molecule has 4 aromatic carbocycles. The summed E-state index contributed by atoms with van der Waals surface area (Å²) in [6.45, 7) is 0. The molecule has 0 aliphatic heterocycles. The number of nitrogens with one attached hydrogen (secondary N) is 2. The van der Waals surface area contributed by atoms with Gasteiger partial charge in [-0.1, -0.05) is 90.5 Å². The maximum absolute atomic E-state index is 12.8. The summed E-state index contributed by atoms with van der Waals surface area (Å²) < 4.78 is 0. The Balaban J connectivity index is 1.33. The molecule has 0 fully saturated rings. The normalized spacial score (nSPS) is 11.4. The molecule has 3 N–H and O–H groups in total. The lowest BCUT2D eigenvalue weighted by Gasteiger charge is -2.12. The molecule has 0 aliphatic carbocycles. The van der Waals surface area contributed by atoms with Crippen molar-refractivity contribution in [3.63, 3.8) is 0 Å². The van der Waals surface area contributed by atoms with Crippen LogP contribution in [-0.4, -0.2) is 22.9 Å². The van der Waals surface area contributed by atoms with Crippen LogP contribution in [0.25, 0.3) is 11.1 Å². The fourth-order valence-electron chi connectivity index (χ4n) is 4.08. The van der Waals surface area contributed by atoms with Crippen LogP contribution in [0.15, 0.2) is 103 Å². The SMILES string of the molecule is O=C(Nc1ccc(-c2ccc(C(=O)CC(CCc3ccccc3)C(=O)O)cc2)cc1)Nc1ccccc1Cl. The molecule has 0 spiro atoms. The third-order valence-corrected chi connectivity index (χ3v) is 6.54. The minimum absolute atomic E-state index is 0.0435. The van der Waals surface area contributed by atoms with Gasteiger partial charge in [-0.05, 0) is 53.8 Å². The van der Waals surface area contributed by atoms with E-state index >= 15 is 0 Å². The van der Waals surface area contributed by atoms with Gasteiger partial charge in [0.2, 0.25) is 0 Å². The number of carboxylic acids is 1. The Morgan fingerprint density at radius 2 is 1.34 bits per heavy atom. The van der Waals surface area contributed by atoms with Crippen molar-refractivity contribution in [2.45, 2.75) is 19.3 Å². The van der Waals surface area contributed by atoms with Crippen molar-refractivity contribution in [2.24, 2.45) is 5.92 Å². The van der Waals surface area contributed by atoms with Crippen molar-refractivity contribution < 1.29 is 19.5 Å². The summed E-state index contributed by atoms with van der Waals surface area (Å²) in [6.07, 6.45) is 0.967. The minimum Gasteiger partial charge on any atom is -0.481 e. The van der Waals surface area contributed by atoms with Gasteiger partial charge in [-0.3, -0.25) is 9.59 Å².